The summed E-state index contributed by atoms with van der Waals surface area (Å²) in [6, 6.07) is 6.09. The largest absolute Gasteiger partial charge is 0.370 e. The number of aryl methyl sites for hydroxylation is 1. The van der Waals surface area contributed by atoms with Crippen LogP contribution in [0.4, 0.5) is 5.82 Å². The Labute approximate surface area is 207 Å². The van der Waals surface area contributed by atoms with Gasteiger partial charge in [0.2, 0.25) is 0 Å². The Morgan fingerprint density at radius 2 is 1.80 bits per heavy atom. The number of piperazine rings is 1. The minimum absolute atomic E-state index is 0.270. The van der Waals surface area contributed by atoms with Crippen molar-refractivity contribution >= 4 is 28.8 Å². The number of aliphatic hydroxyl groups excluding tert-OH is 1. The average molecular weight is 495 g/mol. The molecule has 5 rings (SSSR count). The van der Waals surface area contributed by atoms with Gasteiger partial charge in [-0.3, -0.25) is 14.4 Å². The number of aliphatic hydroxyl groups is 1. The van der Waals surface area contributed by atoms with Crippen molar-refractivity contribution in [3.8, 4) is 22.3 Å². The summed E-state index contributed by atoms with van der Waals surface area (Å²) < 4.78 is 3.55. The molecular weight excluding hydrogens is 468 g/mol. The van der Waals surface area contributed by atoms with Gasteiger partial charge in [0.1, 0.15) is 5.82 Å². The summed E-state index contributed by atoms with van der Waals surface area (Å²) in [6.07, 6.45) is 8.09. The summed E-state index contributed by atoms with van der Waals surface area (Å²) in [5.74, 6) is 0.571. The monoisotopic (exact) mass is 494 g/mol. The summed E-state index contributed by atoms with van der Waals surface area (Å²) in [4.78, 5) is 22.5. The highest BCUT2D eigenvalue weighted by atomic mass is 35.5. The SMILES string of the molecule is CN(C)[C@@H](O)C(=O)N1CCN(c2ccc(-c3cc(-c4cnn(C)c4)cn4ncc(Cl)c34)cn2)CC1. The van der Waals surface area contributed by atoms with E-state index < -0.39 is 6.23 Å². The Bertz CT molecular complexity index is 1360. The van der Waals surface area contributed by atoms with Gasteiger partial charge in [0, 0.05) is 74.1 Å². The van der Waals surface area contributed by atoms with Crippen LogP contribution >= 0.6 is 11.6 Å². The number of hydrogen-bond acceptors (Lipinski definition) is 7. The molecule has 1 aliphatic heterocycles. The molecule has 35 heavy (non-hydrogen) atoms. The summed E-state index contributed by atoms with van der Waals surface area (Å²) in [6.45, 7) is 2.36. The predicted octanol–water partition coefficient (Wildman–Crippen LogP) is 1.98. The van der Waals surface area contributed by atoms with Gasteiger partial charge in [-0.1, -0.05) is 11.6 Å². The first-order chi connectivity index (χ1) is 16.8. The van der Waals surface area contributed by atoms with Crippen molar-refractivity contribution in [1.82, 2.24) is 34.2 Å². The van der Waals surface area contributed by atoms with Crippen molar-refractivity contribution in [2.75, 3.05) is 45.2 Å². The highest BCUT2D eigenvalue weighted by Crippen LogP contribution is 2.34. The van der Waals surface area contributed by atoms with Gasteiger partial charge in [0.25, 0.3) is 5.91 Å². The van der Waals surface area contributed by atoms with Crippen LogP contribution in [-0.2, 0) is 11.8 Å². The van der Waals surface area contributed by atoms with Crippen molar-refractivity contribution in [1.29, 1.82) is 0 Å². The van der Waals surface area contributed by atoms with E-state index in [1.165, 1.54) is 4.90 Å². The summed E-state index contributed by atoms with van der Waals surface area (Å²) >= 11 is 6.48. The lowest BCUT2D eigenvalue weighted by atomic mass is 10.0. The number of carbonyl (C=O) groups excluding carboxylic acids is 1. The summed E-state index contributed by atoms with van der Waals surface area (Å²) in [5.41, 5.74) is 4.64. The zero-order valence-corrected chi connectivity index (χ0v) is 20.6. The second-order valence-electron chi connectivity index (χ2n) is 8.89. The Morgan fingerprint density at radius 3 is 2.43 bits per heavy atom. The topological polar surface area (TPSA) is 95.0 Å². The normalized spacial score (nSPS) is 15.3. The predicted molar refractivity (Wildman–Crippen MR) is 134 cm³/mol. The van der Waals surface area contributed by atoms with Gasteiger partial charge < -0.3 is 14.9 Å². The van der Waals surface area contributed by atoms with E-state index >= 15 is 0 Å². The quantitative estimate of drug-likeness (QED) is 0.424. The van der Waals surface area contributed by atoms with E-state index in [0.717, 1.165) is 33.6 Å². The maximum atomic E-state index is 12.4. The maximum Gasteiger partial charge on any atom is 0.266 e. The molecule has 1 aliphatic rings. The lowest BCUT2D eigenvalue weighted by molar-refractivity contribution is -0.148. The molecule has 0 saturated carbocycles. The first-order valence-electron chi connectivity index (χ1n) is 11.3. The number of aromatic nitrogens is 5. The Morgan fingerprint density at radius 1 is 1.03 bits per heavy atom. The standard InChI is InChI=1S/C24H27ClN8O2/c1-29(2)23(34)24(35)32-8-6-31(7-9-32)21-5-4-16(11-26-21)19-10-17(18-12-27-30(3)14-18)15-33-22(19)20(25)13-28-33/h4-5,10-15,23,34H,6-9H2,1-3H3/t23-/m0/s1. The lowest BCUT2D eigenvalue weighted by Gasteiger charge is -2.37. The molecule has 4 aromatic rings. The molecule has 4 aromatic heterocycles. The molecule has 1 atom stereocenters. The average Bonchev–Trinajstić information content (AvgIpc) is 3.48. The number of rotatable bonds is 5. The smallest absolute Gasteiger partial charge is 0.266 e. The lowest BCUT2D eigenvalue weighted by Crippen LogP contribution is -2.54. The number of carbonyl (C=O) groups is 1. The molecule has 1 N–H and O–H groups in total. The van der Waals surface area contributed by atoms with Crippen molar-refractivity contribution < 1.29 is 9.90 Å². The van der Waals surface area contributed by atoms with E-state index in [2.05, 4.69) is 21.2 Å². The number of anilines is 1. The number of pyridine rings is 2. The number of nitrogens with zero attached hydrogens (tertiary/aromatic N) is 8. The van der Waals surface area contributed by atoms with E-state index in [1.807, 2.05) is 44.0 Å². The fourth-order valence-corrected chi connectivity index (χ4v) is 4.54. The zero-order chi connectivity index (χ0) is 24.7. The van der Waals surface area contributed by atoms with Gasteiger partial charge in [0.05, 0.1) is 22.9 Å². The van der Waals surface area contributed by atoms with Crippen LogP contribution in [0.3, 0.4) is 0 Å². The van der Waals surface area contributed by atoms with Gasteiger partial charge in [-0.05, 0) is 32.3 Å². The molecule has 1 saturated heterocycles. The Balaban J connectivity index is 1.38. The van der Waals surface area contributed by atoms with E-state index in [9.17, 15) is 9.90 Å². The molecule has 0 bridgehead atoms. The molecule has 11 heteroatoms. The second-order valence-corrected chi connectivity index (χ2v) is 9.29. The fraction of sp³-hybridized carbons (Fsp3) is 0.333. The van der Waals surface area contributed by atoms with Gasteiger partial charge in [0.15, 0.2) is 6.23 Å². The number of halogens is 1. The molecular formula is C24H27ClN8O2. The van der Waals surface area contributed by atoms with Crippen LogP contribution in [0.15, 0.2) is 49.2 Å². The molecule has 0 aliphatic carbocycles. The second kappa shape index (κ2) is 9.29. The first kappa shape index (κ1) is 23.3. The van der Waals surface area contributed by atoms with Crippen LogP contribution in [-0.4, -0.2) is 91.7 Å². The number of fused-ring (bicyclic) bond motifs is 1. The van der Waals surface area contributed by atoms with Crippen molar-refractivity contribution in [2.24, 2.45) is 7.05 Å². The molecule has 0 unspecified atom stereocenters. The minimum atomic E-state index is -1.12. The van der Waals surface area contributed by atoms with Gasteiger partial charge in [-0.2, -0.15) is 10.2 Å². The molecule has 1 amide bonds. The molecule has 0 radical (unpaired) electrons. The maximum absolute atomic E-state index is 12.4. The molecule has 1 fully saturated rings. The summed E-state index contributed by atoms with van der Waals surface area (Å²) in [5, 5.41) is 19.3. The Hall–Kier alpha value is -3.47. The first-order valence-corrected chi connectivity index (χ1v) is 11.7. The van der Waals surface area contributed by atoms with Crippen molar-refractivity contribution in [3.05, 3.63) is 54.2 Å². The third-order valence-electron chi connectivity index (χ3n) is 6.29. The van der Waals surface area contributed by atoms with Gasteiger partial charge >= 0.3 is 0 Å². The molecule has 0 aromatic carbocycles. The van der Waals surface area contributed by atoms with E-state index in [-0.39, 0.29) is 5.91 Å². The highest BCUT2D eigenvalue weighted by molar-refractivity contribution is 6.34. The summed E-state index contributed by atoms with van der Waals surface area (Å²) in [7, 11) is 5.25. The van der Waals surface area contributed by atoms with E-state index in [1.54, 1.807) is 34.4 Å². The van der Waals surface area contributed by atoms with E-state index in [4.69, 9.17) is 16.6 Å². The zero-order valence-electron chi connectivity index (χ0n) is 19.8. The number of likely N-dealkylation sites (N-methyl/N-ethyl adjacent to an activating group) is 1. The number of amides is 1. The number of hydrogen-bond donors (Lipinski definition) is 1. The third kappa shape index (κ3) is 4.47. The van der Waals surface area contributed by atoms with Crippen LogP contribution in [0.25, 0.3) is 27.8 Å². The van der Waals surface area contributed by atoms with E-state index in [0.29, 0.717) is 31.2 Å². The van der Waals surface area contributed by atoms with Gasteiger partial charge in [-0.25, -0.2) is 9.50 Å². The van der Waals surface area contributed by atoms with Crippen LogP contribution in [0.5, 0.6) is 0 Å². The van der Waals surface area contributed by atoms with Crippen LogP contribution in [0.2, 0.25) is 5.02 Å². The van der Waals surface area contributed by atoms with Gasteiger partial charge in [-0.15, -0.1) is 0 Å². The van der Waals surface area contributed by atoms with Crippen LogP contribution < -0.4 is 4.90 Å². The molecule has 5 heterocycles. The van der Waals surface area contributed by atoms with Crippen LogP contribution in [0, 0.1) is 0 Å². The minimum Gasteiger partial charge on any atom is -0.370 e. The fourth-order valence-electron chi connectivity index (χ4n) is 4.30. The molecule has 182 valence electrons. The van der Waals surface area contributed by atoms with Crippen molar-refractivity contribution in [3.63, 3.8) is 0 Å². The third-order valence-corrected chi connectivity index (χ3v) is 6.57. The molecule has 10 nitrogen and oxygen atoms in total. The van der Waals surface area contributed by atoms with Crippen molar-refractivity contribution in [2.45, 2.75) is 6.23 Å². The highest BCUT2D eigenvalue weighted by Gasteiger charge is 2.27. The molecule has 0 spiro atoms. The Kier molecular flexibility index (Phi) is 6.18. The van der Waals surface area contributed by atoms with Crippen LogP contribution in [0.1, 0.15) is 0 Å².